The molecule has 0 aliphatic heterocycles. The van der Waals surface area contributed by atoms with Gasteiger partial charge in [0.25, 0.3) is 0 Å². The number of fused-ring (bicyclic) bond motifs is 1. The van der Waals surface area contributed by atoms with Crippen LogP contribution in [0.15, 0.2) is 35.8 Å². The molecule has 3 aromatic rings. The van der Waals surface area contributed by atoms with E-state index in [-0.39, 0.29) is 24.7 Å². The fourth-order valence-electron chi connectivity index (χ4n) is 2.01. The second-order valence-electron chi connectivity index (χ2n) is 4.57. The van der Waals surface area contributed by atoms with Crippen molar-refractivity contribution in [3.05, 3.63) is 46.5 Å². The number of carboxylic acids is 1. The van der Waals surface area contributed by atoms with Gasteiger partial charge in [0.1, 0.15) is 11.6 Å². The zero-order valence-electron chi connectivity index (χ0n) is 11.4. The summed E-state index contributed by atoms with van der Waals surface area (Å²) in [5, 5.41) is 18.7. The molecule has 0 atom stereocenters. The van der Waals surface area contributed by atoms with E-state index in [1.54, 1.807) is 10.9 Å². The summed E-state index contributed by atoms with van der Waals surface area (Å²) in [5.74, 6) is -1.28. The molecule has 8 heteroatoms. The number of aromatic nitrogens is 3. The Balaban J connectivity index is 1.61. The van der Waals surface area contributed by atoms with E-state index in [1.807, 2.05) is 24.3 Å². The Labute approximate surface area is 129 Å². The van der Waals surface area contributed by atoms with Gasteiger partial charge in [-0.2, -0.15) is 5.10 Å². The van der Waals surface area contributed by atoms with Crippen LogP contribution in [0, 0.1) is 0 Å². The lowest BCUT2D eigenvalue weighted by molar-refractivity contribution is -0.121. The highest BCUT2D eigenvalue weighted by Crippen LogP contribution is 2.12. The third-order valence-electron chi connectivity index (χ3n) is 3.05. The Morgan fingerprint density at radius 3 is 2.91 bits per heavy atom. The fraction of sp³-hybridized carbons (Fsp3) is 0.143. The lowest BCUT2D eigenvalue weighted by atomic mass is 10.2. The number of rotatable bonds is 5. The Morgan fingerprint density at radius 2 is 2.14 bits per heavy atom. The number of carbonyl (C=O) groups excluding carboxylic acids is 1. The maximum atomic E-state index is 12.0. The molecule has 2 heterocycles. The Bertz CT molecular complexity index is 839. The van der Waals surface area contributed by atoms with Crippen molar-refractivity contribution < 1.29 is 14.7 Å². The minimum absolute atomic E-state index is 0.00711. The van der Waals surface area contributed by atoms with Crippen LogP contribution in [0.5, 0.6) is 0 Å². The molecule has 2 aromatic heterocycles. The molecule has 0 unspecified atom stereocenters. The number of nitrogens with zero attached hydrogens (tertiary/aromatic N) is 3. The van der Waals surface area contributed by atoms with E-state index in [9.17, 15) is 9.59 Å². The van der Waals surface area contributed by atoms with Gasteiger partial charge >= 0.3 is 5.97 Å². The van der Waals surface area contributed by atoms with E-state index in [2.05, 4.69) is 15.4 Å². The molecule has 0 fully saturated rings. The minimum atomic E-state index is -1.07. The van der Waals surface area contributed by atoms with Crippen LogP contribution in [0.1, 0.15) is 15.5 Å². The number of nitrogens with one attached hydrogen (secondary N) is 1. The van der Waals surface area contributed by atoms with Gasteiger partial charge in [-0.15, -0.1) is 11.3 Å². The van der Waals surface area contributed by atoms with E-state index >= 15 is 0 Å². The van der Waals surface area contributed by atoms with Gasteiger partial charge in [-0.25, -0.2) is 9.78 Å². The minimum Gasteiger partial charge on any atom is -0.476 e. The van der Waals surface area contributed by atoms with E-state index in [1.165, 1.54) is 16.7 Å². The molecular weight excluding hydrogens is 304 g/mol. The summed E-state index contributed by atoms with van der Waals surface area (Å²) in [5.41, 5.74) is 0.882. The molecule has 22 heavy (non-hydrogen) atoms. The van der Waals surface area contributed by atoms with Crippen molar-refractivity contribution in [3.63, 3.8) is 0 Å². The standard InChI is InChI=1S/C14H12N4O3S/c19-12(15-6-13-17-10(8-22-13)14(20)21)7-18-11-4-2-1-3-9(11)5-16-18/h1-5,8H,6-7H2,(H,15,19)(H,20,21). The van der Waals surface area contributed by atoms with Crippen molar-refractivity contribution in [2.75, 3.05) is 0 Å². The van der Waals surface area contributed by atoms with Crippen molar-refractivity contribution in [1.29, 1.82) is 0 Å². The third kappa shape index (κ3) is 2.96. The highest BCUT2D eigenvalue weighted by molar-refractivity contribution is 7.09. The predicted octanol–water partition coefficient (Wildman–Crippen LogP) is 1.51. The second-order valence-corrected chi connectivity index (χ2v) is 5.51. The summed E-state index contributed by atoms with van der Waals surface area (Å²) in [6, 6.07) is 7.63. The van der Waals surface area contributed by atoms with Gasteiger partial charge < -0.3 is 10.4 Å². The summed E-state index contributed by atoms with van der Waals surface area (Å²) in [4.78, 5) is 26.6. The monoisotopic (exact) mass is 316 g/mol. The zero-order chi connectivity index (χ0) is 15.5. The molecule has 3 rings (SSSR count). The van der Waals surface area contributed by atoms with E-state index in [0.29, 0.717) is 5.01 Å². The molecule has 0 saturated carbocycles. The molecule has 2 N–H and O–H groups in total. The van der Waals surface area contributed by atoms with Gasteiger partial charge in [-0.05, 0) is 6.07 Å². The van der Waals surface area contributed by atoms with Gasteiger partial charge in [0.05, 0.1) is 18.3 Å². The number of para-hydroxylation sites is 1. The average Bonchev–Trinajstić information content (AvgIpc) is 3.13. The summed E-state index contributed by atoms with van der Waals surface area (Å²) in [6.07, 6.45) is 1.71. The van der Waals surface area contributed by atoms with Crippen LogP contribution < -0.4 is 5.32 Å². The quantitative estimate of drug-likeness (QED) is 0.743. The summed E-state index contributed by atoms with van der Waals surface area (Å²) >= 11 is 1.20. The number of amides is 1. The molecule has 1 aromatic carbocycles. The molecule has 0 spiro atoms. The second kappa shape index (κ2) is 5.94. The summed E-state index contributed by atoms with van der Waals surface area (Å²) in [7, 11) is 0. The largest absolute Gasteiger partial charge is 0.476 e. The van der Waals surface area contributed by atoms with E-state index in [0.717, 1.165) is 10.9 Å². The van der Waals surface area contributed by atoms with E-state index in [4.69, 9.17) is 5.11 Å². The highest BCUT2D eigenvalue weighted by atomic mass is 32.1. The fourth-order valence-corrected chi connectivity index (χ4v) is 2.72. The lowest BCUT2D eigenvalue weighted by Gasteiger charge is -2.04. The highest BCUT2D eigenvalue weighted by Gasteiger charge is 2.11. The summed E-state index contributed by atoms with van der Waals surface area (Å²) < 4.78 is 1.62. The van der Waals surface area contributed by atoms with Gasteiger partial charge in [0, 0.05) is 10.8 Å². The molecule has 0 aliphatic carbocycles. The van der Waals surface area contributed by atoms with Crippen LogP contribution >= 0.6 is 11.3 Å². The molecule has 1 amide bonds. The van der Waals surface area contributed by atoms with Crippen molar-refractivity contribution in [1.82, 2.24) is 20.1 Å². The van der Waals surface area contributed by atoms with Crippen molar-refractivity contribution >= 4 is 34.1 Å². The first-order valence-electron chi connectivity index (χ1n) is 6.48. The number of aromatic carboxylic acids is 1. The maximum Gasteiger partial charge on any atom is 0.355 e. The van der Waals surface area contributed by atoms with Crippen molar-refractivity contribution in [2.24, 2.45) is 0 Å². The number of carbonyl (C=O) groups is 2. The number of thiazole rings is 1. The molecule has 0 saturated heterocycles. The van der Waals surface area contributed by atoms with Crippen LogP contribution in [-0.4, -0.2) is 31.7 Å². The first-order valence-corrected chi connectivity index (χ1v) is 7.36. The Morgan fingerprint density at radius 1 is 1.32 bits per heavy atom. The molecule has 0 aliphatic rings. The molecule has 7 nitrogen and oxygen atoms in total. The van der Waals surface area contributed by atoms with Gasteiger partial charge in [0.2, 0.25) is 5.91 Å². The topological polar surface area (TPSA) is 97.1 Å². The number of hydrogen-bond donors (Lipinski definition) is 2. The van der Waals surface area contributed by atoms with Crippen LogP contribution in [0.3, 0.4) is 0 Å². The Kier molecular flexibility index (Phi) is 3.84. The number of carboxylic acid groups (broad SMARTS) is 1. The smallest absolute Gasteiger partial charge is 0.355 e. The van der Waals surface area contributed by atoms with Gasteiger partial charge in [-0.3, -0.25) is 9.48 Å². The lowest BCUT2D eigenvalue weighted by Crippen LogP contribution is -2.27. The first kappa shape index (κ1) is 14.2. The molecule has 0 radical (unpaired) electrons. The summed E-state index contributed by atoms with van der Waals surface area (Å²) in [6.45, 7) is 0.306. The van der Waals surface area contributed by atoms with Crippen molar-refractivity contribution in [3.8, 4) is 0 Å². The number of hydrogen-bond acceptors (Lipinski definition) is 5. The maximum absolute atomic E-state index is 12.0. The average molecular weight is 316 g/mol. The van der Waals surface area contributed by atoms with Crippen LogP contribution in [0.25, 0.3) is 10.9 Å². The third-order valence-corrected chi connectivity index (χ3v) is 3.90. The van der Waals surface area contributed by atoms with Crippen LogP contribution in [0.4, 0.5) is 0 Å². The molecule has 0 bridgehead atoms. The zero-order valence-corrected chi connectivity index (χ0v) is 12.2. The van der Waals surface area contributed by atoms with E-state index < -0.39 is 5.97 Å². The van der Waals surface area contributed by atoms with Crippen LogP contribution in [-0.2, 0) is 17.9 Å². The molecule has 112 valence electrons. The van der Waals surface area contributed by atoms with Gasteiger partial charge in [-0.1, -0.05) is 18.2 Å². The van der Waals surface area contributed by atoms with Crippen molar-refractivity contribution in [2.45, 2.75) is 13.1 Å². The molecular formula is C14H12N4O3S. The SMILES string of the molecule is O=C(Cn1ncc2ccccc21)NCc1nc(C(=O)O)cs1. The van der Waals surface area contributed by atoms with Gasteiger partial charge in [0.15, 0.2) is 5.69 Å². The first-order chi connectivity index (χ1) is 10.6. The normalized spacial score (nSPS) is 10.7. The Hall–Kier alpha value is -2.74. The van der Waals surface area contributed by atoms with Crippen LogP contribution in [0.2, 0.25) is 0 Å². The number of benzene rings is 1. The predicted molar refractivity (Wildman–Crippen MR) is 80.7 cm³/mol.